The molecule has 2 N–H and O–H groups in total. The Morgan fingerprint density at radius 3 is 1.74 bits per heavy atom. The first-order valence-electron chi connectivity index (χ1n) is 11.3. The van der Waals surface area contributed by atoms with E-state index in [0.717, 1.165) is 0 Å². The van der Waals surface area contributed by atoms with E-state index < -0.39 is 17.3 Å². The minimum Gasteiger partial charge on any atom is -0.330 e. The Hall–Kier alpha value is -2.99. The fraction of sp³-hybridized carbons (Fsp3) is 0. The summed E-state index contributed by atoms with van der Waals surface area (Å²) in [5.74, 6) is 2.81. The van der Waals surface area contributed by atoms with Gasteiger partial charge in [0.15, 0.2) is 0 Å². The van der Waals surface area contributed by atoms with Gasteiger partial charge in [-0.1, -0.05) is 102 Å². The third-order valence-corrected chi connectivity index (χ3v) is 9.74. The number of anilines is 2. The monoisotopic (exact) mass is 602 g/mol. The van der Waals surface area contributed by atoms with Crippen LogP contribution in [-0.4, -0.2) is 8.42 Å². The normalized spacial score (nSPS) is 14.0. The van der Waals surface area contributed by atoms with E-state index in [1.165, 1.54) is 23.8 Å². The van der Waals surface area contributed by atoms with E-state index in [1.54, 1.807) is 60.7 Å². The standard InChI is InChI=1S/C28H22Cl3N2O3PS/c29-23-14-16-24(17-15-23)33-38(35,36)26-13-7-12-25(18-26)32-37(34,19-27(30)21-8-3-1-4-9-21)20-28(31)22-10-5-2-6-11-22/h1-20,33H,(H,32,34)/b27-19+,28-20?. The van der Waals surface area contributed by atoms with Gasteiger partial charge in [0, 0.05) is 28.0 Å². The molecule has 0 aliphatic heterocycles. The largest absolute Gasteiger partial charge is 0.330 e. The summed E-state index contributed by atoms with van der Waals surface area (Å²) in [6, 6.07) is 30.4. The lowest BCUT2D eigenvalue weighted by atomic mass is 10.2. The highest BCUT2D eigenvalue weighted by Gasteiger charge is 2.21. The van der Waals surface area contributed by atoms with E-state index in [9.17, 15) is 13.0 Å². The lowest BCUT2D eigenvalue weighted by molar-refractivity contribution is 0.589. The highest BCUT2D eigenvalue weighted by Crippen LogP contribution is 2.53. The van der Waals surface area contributed by atoms with Crippen molar-refractivity contribution in [3.05, 3.63) is 137 Å². The Morgan fingerprint density at radius 1 is 0.684 bits per heavy atom. The fourth-order valence-corrected chi connectivity index (χ4v) is 7.52. The van der Waals surface area contributed by atoms with Crippen molar-refractivity contribution in [2.24, 2.45) is 0 Å². The van der Waals surface area contributed by atoms with E-state index in [1.807, 2.05) is 36.4 Å². The lowest BCUT2D eigenvalue weighted by Gasteiger charge is -2.17. The quantitative estimate of drug-likeness (QED) is 0.187. The van der Waals surface area contributed by atoms with Crippen LogP contribution in [0, 0.1) is 0 Å². The van der Waals surface area contributed by atoms with Crippen molar-refractivity contribution < 1.29 is 13.0 Å². The summed E-state index contributed by atoms with van der Waals surface area (Å²) in [5, 5.41) is 3.96. The summed E-state index contributed by atoms with van der Waals surface area (Å²) in [6.45, 7) is 0. The van der Waals surface area contributed by atoms with E-state index in [0.29, 0.717) is 27.5 Å². The van der Waals surface area contributed by atoms with Crippen LogP contribution < -0.4 is 9.81 Å². The van der Waals surface area contributed by atoms with Crippen molar-refractivity contribution in [2.45, 2.75) is 4.90 Å². The molecule has 1 atom stereocenters. The topological polar surface area (TPSA) is 75.3 Å². The first kappa shape index (κ1) is 28.0. The predicted octanol–water partition coefficient (Wildman–Crippen LogP) is 9.31. The molecule has 0 aromatic heterocycles. The Kier molecular flexibility index (Phi) is 9.03. The average Bonchev–Trinajstić information content (AvgIpc) is 2.91. The van der Waals surface area contributed by atoms with Crippen LogP contribution in [0.2, 0.25) is 5.02 Å². The molecule has 0 aliphatic carbocycles. The van der Waals surface area contributed by atoms with Gasteiger partial charge < -0.3 is 5.09 Å². The summed E-state index contributed by atoms with van der Waals surface area (Å²) >= 11 is 19.0. The van der Waals surface area contributed by atoms with Crippen molar-refractivity contribution in [3.8, 4) is 0 Å². The number of hydrogen-bond acceptors (Lipinski definition) is 3. The molecule has 0 heterocycles. The van der Waals surface area contributed by atoms with Crippen LogP contribution in [0.25, 0.3) is 10.1 Å². The maximum absolute atomic E-state index is 14.2. The molecular formula is C28H22Cl3N2O3PS. The third kappa shape index (κ3) is 7.53. The van der Waals surface area contributed by atoms with Crippen LogP contribution in [0.15, 0.2) is 126 Å². The zero-order valence-electron chi connectivity index (χ0n) is 19.8. The minimum atomic E-state index is -3.94. The van der Waals surface area contributed by atoms with E-state index >= 15 is 0 Å². The summed E-state index contributed by atoms with van der Waals surface area (Å²) in [7, 11) is -7.54. The molecule has 0 bridgehead atoms. The Bertz CT molecular complexity index is 1570. The van der Waals surface area contributed by atoms with Gasteiger partial charge in [0.2, 0.25) is 7.29 Å². The molecule has 10 heteroatoms. The first-order valence-corrected chi connectivity index (χ1v) is 15.7. The number of halogens is 3. The van der Waals surface area contributed by atoms with Gasteiger partial charge in [-0.3, -0.25) is 9.29 Å². The van der Waals surface area contributed by atoms with E-state index in [-0.39, 0.29) is 15.0 Å². The van der Waals surface area contributed by atoms with Gasteiger partial charge in [0.05, 0.1) is 15.0 Å². The number of sulfonamides is 1. The maximum atomic E-state index is 14.2. The smallest absolute Gasteiger partial charge is 0.261 e. The van der Waals surface area contributed by atoms with Crippen molar-refractivity contribution in [1.82, 2.24) is 0 Å². The molecule has 4 rings (SSSR count). The second-order valence-corrected chi connectivity index (χ2v) is 13.2. The van der Waals surface area contributed by atoms with Crippen molar-refractivity contribution >= 4 is 73.6 Å². The van der Waals surface area contributed by atoms with Gasteiger partial charge >= 0.3 is 0 Å². The summed E-state index contributed by atoms with van der Waals surface area (Å²) in [4.78, 5) is -0.0275. The number of rotatable bonds is 9. The number of nitrogens with one attached hydrogen (secondary N) is 2. The van der Waals surface area contributed by atoms with Crippen LogP contribution >= 0.6 is 42.1 Å². The number of benzene rings is 4. The molecule has 5 nitrogen and oxygen atoms in total. The van der Waals surface area contributed by atoms with E-state index in [2.05, 4.69) is 9.81 Å². The second kappa shape index (κ2) is 12.2. The Labute approximate surface area is 237 Å². The Balaban J connectivity index is 1.70. The van der Waals surface area contributed by atoms with Gasteiger partial charge in [0.25, 0.3) is 10.0 Å². The van der Waals surface area contributed by atoms with Gasteiger partial charge in [-0.2, -0.15) is 0 Å². The highest BCUT2D eigenvalue weighted by atomic mass is 35.5. The van der Waals surface area contributed by atoms with Crippen molar-refractivity contribution in [2.75, 3.05) is 9.81 Å². The van der Waals surface area contributed by atoms with Gasteiger partial charge in [0.1, 0.15) is 0 Å². The van der Waals surface area contributed by atoms with Crippen molar-refractivity contribution in [3.63, 3.8) is 0 Å². The minimum absolute atomic E-state index is 0.0275. The zero-order valence-corrected chi connectivity index (χ0v) is 23.7. The molecule has 194 valence electrons. The molecule has 0 saturated carbocycles. The molecule has 4 aromatic rings. The zero-order chi connectivity index (χ0) is 27.2. The van der Waals surface area contributed by atoms with Crippen LogP contribution in [0.1, 0.15) is 11.1 Å². The highest BCUT2D eigenvalue weighted by molar-refractivity contribution is 7.92. The molecule has 4 aromatic carbocycles. The molecular weight excluding hydrogens is 582 g/mol. The van der Waals surface area contributed by atoms with Crippen LogP contribution in [0.4, 0.5) is 11.4 Å². The molecule has 0 aliphatic rings. The molecule has 0 fully saturated rings. The lowest BCUT2D eigenvalue weighted by Crippen LogP contribution is -2.13. The summed E-state index contributed by atoms with van der Waals surface area (Å²) in [6.07, 6.45) is 0. The fourth-order valence-electron chi connectivity index (χ4n) is 3.45. The van der Waals surface area contributed by atoms with Crippen LogP contribution in [-0.2, 0) is 14.6 Å². The number of hydrogen-bond donors (Lipinski definition) is 2. The molecule has 0 amide bonds. The summed E-state index contributed by atoms with van der Waals surface area (Å²) in [5.41, 5.74) is 2.00. The van der Waals surface area contributed by atoms with Crippen molar-refractivity contribution in [1.29, 1.82) is 0 Å². The third-order valence-electron chi connectivity index (χ3n) is 5.25. The first-order chi connectivity index (χ1) is 18.1. The Morgan fingerprint density at radius 2 is 1.21 bits per heavy atom. The predicted molar refractivity (Wildman–Crippen MR) is 160 cm³/mol. The molecule has 0 saturated heterocycles. The van der Waals surface area contributed by atoms with Gasteiger partial charge in [-0.15, -0.1) is 0 Å². The van der Waals surface area contributed by atoms with Gasteiger partial charge in [-0.25, -0.2) is 8.42 Å². The van der Waals surface area contributed by atoms with Gasteiger partial charge in [-0.05, 0) is 53.6 Å². The van der Waals surface area contributed by atoms with E-state index in [4.69, 9.17) is 34.8 Å². The molecule has 1 unspecified atom stereocenters. The second-order valence-electron chi connectivity index (χ2n) is 8.15. The van der Waals surface area contributed by atoms with Crippen LogP contribution in [0.5, 0.6) is 0 Å². The molecule has 0 radical (unpaired) electrons. The van der Waals surface area contributed by atoms with Crippen LogP contribution in [0.3, 0.4) is 0 Å². The summed E-state index contributed by atoms with van der Waals surface area (Å²) < 4.78 is 42.8. The SMILES string of the molecule is O=P(C=C(Cl)c1ccccc1)(/C=C(/Cl)c1ccccc1)Nc1cccc(S(=O)(=O)Nc2ccc(Cl)cc2)c1. The molecule has 38 heavy (non-hydrogen) atoms. The average molecular weight is 604 g/mol. The molecule has 0 spiro atoms. The maximum Gasteiger partial charge on any atom is 0.261 e.